The maximum absolute atomic E-state index is 13.2. The van der Waals surface area contributed by atoms with Gasteiger partial charge in [0.15, 0.2) is 5.82 Å². The molecule has 4 rings (SSSR count). The second-order valence-electron chi connectivity index (χ2n) is 8.18. The smallest absolute Gasteiger partial charge is 0.258 e. The molecule has 0 saturated carbocycles. The fourth-order valence-corrected chi connectivity index (χ4v) is 4.13. The largest absolute Gasteiger partial charge is 0.339 e. The number of aromatic amines is 1. The number of H-pyrrole nitrogens is 1. The number of nitrogens with one attached hydrogen (secondary N) is 2. The molecule has 0 unspecified atom stereocenters. The second-order valence-corrected chi connectivity index (χ2v) is 8.18. The third kappa shape index (κ3) is 3.98. The molecule has 0 atom stereocenters. The van der Waals surface area contributed by atoms with Crippen LogP contribution in [0.15, 0.2) is 47.4 Å². The molecule has 0 radical (unpaired) electrons. The Balaban J connectivity index is 1.73. The number of fused-ring (bicyclic) bond motifs is 1. The van der Waals surface area contributed by atoms with Crippen LogP contribution in [0.1, 0.15) is 49.6 Å². The van der Waals surface area contributed by atoms with Crippen molar-refractivity contribution in [3.8, 4) is 11.1 Å². The molecule has 0 aliphatic rings. The Hall–Kier alpha value is -3.41. The highest BCUT2D eigenvalue weighted by Crippen LogP contribution is 2.29. The summed E-state index contributed by atoms with van der Waals surface area (Å²) in [5.41, 5.74) is 6.42. The Morgan fingerprint density at radius 1 is 1.06 bits per heavy atom. The molecule has 0 aliphatic heterocycles. The van der Waals surface area contributed by atoms with Gasteiger partial charge < -0.3 is 9.88 Å². The van der Waals surface area contributed by atoms with Crippen LogP contribution in [0.5, 0.6) is 0 Å². The maximum atomic E-state index is 13.2. The Kier molecular flexibility index (Phi) is 5.63. The van der Waals surface area contributed by atoms with E-state index < -0.39 is 0 Å². The van der Waals surface area contributed by atoms with Crippen molar-refractivity contribution in [3.05, 3.63) is 69.9 Å². The Morgan fingerprint density at radius 3 is 2.58 bits per heavy atom. The molecule has 3 heterocycles. The molecule has 160 valence electrons. The fourth-order valence-electron chi connectivity index (χ4n) is 4.13. The summed E-state index contributed by atoms with van der Waals surface area (Å²) in [5, 5.41) is 11.9. The first-order chi connectivity index (χ1) is 14.9. The first kappa shape index (κ1) is 20.8. The quantitative estimate of drug-likeness (QED) is 0.430. The topological polar surface area (TPSA) is 75.6 Å². The SMILES string of the molecule is CCC(CC)c1cc(Nc2ccc(C)c(-c3cc4cnc(C)cc4n(C)c3=O)c2)n[nH]1. The van der Waals surface area contributed by atoms with Crippen molar-refractivity contribution in [3.63, 3.8) is 0 Å². The van der Waals surface area contributed by atoms with Crippen LogP contribution in [-0.2, 0) is 7.05 Å². The summed E-state index contributed by atoms with van der Waals surface area (Å²) in [5.74, 6) is 1.26. The van der Waals surface area contributed by atoms with E-state index in [1.807, 2.05) is 57.4 Å². The average molecular weight is 416 g/mol. The van der Waals surface area contributed by atoms with E-state index in [9.17, 15) is 4.79 Å². The standard InChI is InChI=1S/C25H29N5O/c1-6-17(7-2)22-13-24(29-28-22)27-19-9-8-15(3)20(12-19)21-11-18-14-26-16(4)10-23(18)30(5)25(21)31/h8-14,17H,6-7H2,1-5H3,(H2,27,28,29). The lowest BCUT2D eigenvalue weighted by molar-refractivity contribution is 0.621. The van der Waals surface area contributed by atoms with Gasteiger partial charge in [0.25, 0.3) is 5.56 Å². The zero-order chi connectivity index (χ0) is 22.1. The highest BCUT2D eigenvalue weighted by atomic mass is 16.1. The number of benzene rings is 1. The lowest BCUT2D eigenvalue weighted by Gasteiger charge is -2.13. The van der Waals surface area contributed by atoms with Crippen LogP contribution in [-0.4, -0.2) is 19.7 Å². The summed E-state index contributed by atoms with van der Waals surface area (Å²) in [6.45, 7) is 8.33. The van der Waals surface area contributed by atoms with Gasteiger partial charge in [0.1, 0.15) is 0 Å². The maximum Gasteiger partial charge on any atom is 0.258 e. The Morgan fingerprint density at radius 2 is 1.84 bits per heavy atom. The van der Waals surface area contributed by atoms with Crippen molar-refractivity contribution in [1.82, 2.24) is 19.7 Å². The van der Waals surface area contributed by atoms with E-state index >= 15 is 0 Å². The second kappa shape index (κ2) is 8.38. The summed E-state index contributed by atoms with van der Waals surface area (Å²) in [4.78, 5) is 17.6. The molecular weight excluding hydrogens is 386 g/mol. The van der Waals surface area contributed by atoms with Gasteiger partial charge in [0.05, 0.1) is 5.52 Å². The van der Waals surface area contributed by atoms with E-state index in [1.165, 1.54) is 0 Å². The molecule has 0 bridgehead atoms. The molecule has 0 saturated heterocycles. The predicted molar refractivity (Wildman–Crippen MR) is 127 cm³/mol. The first-order valence-electron chi connectivity index (χ1n) is 10.8. The van der Waals surface area contributed by atoms with Gasteiger partial charge in [-0.25, -0.2) is 0 Å². The normalized spacial score (nSPS) is 11.4. The molecular formula is C25H29N5O. The Labute approximate surface area is 182 Å². The van der Waals surface area contributed by atoms with Gasteiger partial charge in [-0.15, -0.1) is 0 Å². The predicted octanol–water partition coefficient (Wildman–Crippen LogP) is 5.59. The number of hydrogen-bond donors (Lipinski definition) is 2. The number of pyridine rings is 2. The average Bonchev–Trinajstić information content (AvgIpc) is 3.22. The number of aromatic nitrogens is 4. The number of anilines is 2. The number of nitrogens with zero attached hydrogens (tertiary/aromatic N) is 3. The van der Waals surface area contributed by atoms with Gasteiger partial charge in [-0.2, -0.15) is 5.10 Å². The molecule has 2 N–H and O–H groups in total. The van der Waals surface area contributed by atoms with E-state index in [-0.39, 0.29) is 5.56 Å². The molecule has 3 aromatic heterocycles. The zero-order valence-electron chi connectivity index (χ0n) is 18.8. The van der Waals surface area contributed by atoms with Gasteiger partial charge in [0, 0.05) is 53.3 Å². The molecule has 31 heavy (non-hydrogen) atoms. The van der Waals surface area contributed by atoms with Gasteiger partial charge in [0.2, 0.25) is 0 Å². The van der Waals surface area contributed by atoms with E-state index in [1.54, 1.807) is 4.57 Å². The molecule has 4 aromatic rings. The number of rotatable bonds is 6. The minimum Gasteiger partial charge on any atom is -0.339 e. The lowest BCUT2D eigenvalue weighted by Crippen LogP contribution is -2.19. The van der Waals surface area contributed by atoms with Crippen LogP contribution < -0.4 is 10.9 Å². The molecule has 6 heteroatoms. The molecule has 6 nitrogen and oxygen atoms in total. The molecule has 1 aromatic carbocycles. The van der Waals surface area contributed by atoms with Crippen molar-refractivity contribution < 1.29 is 0 Å². The summed E-state index contributed by atoms with van der Waals surface area (Å²) in [6, 6.07) is 12.0. The lowest BCUT2D eigenvalue weighted by atomic mass is 9.99. The van der Waals surface area contributed by atoms with Crippen molar-refractivity contribution in [1.29, 1.82) is 0 Å². The first-order valence-corrected chi connectivity index (χ1v) is 10.8. The van der Waals surface area contributed by atoms with Crippen LogP contribution in [0, 0.1) is 13.8 Å². The molecule has 0 aliphatic carbocycles. The third-order valence-corrected chi connectivity index (χ3v) is 6.07. The third-order valence-electron chi connectivity index (χ3n) is 6.07. The summed E-state index contributed by atoms with van der Waals surface area (Å²) >= 11 is 0. The summed E-state index contributed by atoms with van der Waals surface area (Å²) in [7, 11) is 1.81. The van der Waals surface area contributed by atoms with Crippen molar-refractivity contribution in [2.45, 2.75) is 46.5 Å². The van der Waals surface area contributed by atoms with Gasteiger partial charge in [-0.1, -0.05) is 19.9 Å². The number of aryl methyl sites for hydroxylation is 3. The highest BCUT2D eigenvalue weighted by molar-refractivity contribution is 5.85. The van der Waals surface area contributed by atoms with Crippen LogP contribution in [0.3, 0.4) is 0 Å². The van der Waals surface area contributed by atoms with Crippen molar-refractivity contribution in [2.24, 2.45) is 7.05 Å². The fraction of sp³-hybridized carbons (Fsp3) is 0.320. The van der Waals surface area contributed by atoms with Crippen molar-refractivity contribution in [2.75, 3.05) is 5.32 Å². The zero-order valence-corrected chi connectivity index (χ0v) is 18.8. The minimum absolute atomic E-state index is 0.0193. The Bertz CT molecular complexity index is 1300. The monoisotopic (exact) mass is 415 g/mol. The van der Waals surface area contributed by atoms with E-state index in [0.717, 1.165) is 57.8 Å². The molecule has 0 spiro atoms. The van der Waals surface area contributed by atoms with Gasteiger partial charge in [-0.3, -0.25) is 14.9 Å². The molecule has 0 amide bonds. The van der Waals surface area contributed by atoms with Crippen molar-refractivity contribution >= 4 is 22.4 Å². The van der Waals surface area contributed by atoms with Gasteiger partial charge in [-0.05, 0) is 62.1 Å². The van der Waals surface area contributed by atoms with E-state index in [0.29, 0.717) is 11.5 Å². The minimum atomic E-state index is -0.0193. The summed E-state index contributed by atoms with van der Waals surface area (Å²) in [6.07, 6.45) is 3.98. The highest BCUT2D eigenvalue weighted by Gasteiger charge is 2.14. The van der Waals surface area contributed by atoms with Gasteiger partial charge >= 0.3 is 0 Å². The van der Waals surface area contributed by atoms with Crippen LogP contribution in [0.4, 0.5) is 11.5 Å². The number of hydrogen-bond acceptors (Lipinski definition) is 4. The van der Waals surface area contributed by atoms with Crippen LogP contribution in [0.25, 0.3) is 22.0 Å². The van der Waals surface area contributed by atoms with Crippen LogP contribution >= 0.6 is 0 Å². The van der Waals surface area contributed by atoms with Crippen LogP contribution in [0.2, 0.25) is 0 Å². The summed E-state index contributed by atoms with van der Waals surface area (Å²) < 4.78 is 1.70. The van der Waals surface area contributed by atoms with E-state index in [4.69, 9.17) is 0 Å². The molecule has 0 fully saturated rings. The van der Waals surface area contributed by atoms with E-state index in [2.05, 4.69) is 40.4 Å².